The molecule has 0 saturated carbocycles. The Kier molecular flexibility index (Phi) is 3.13. The van der Waals surface area contributed by atoms with Gasteiger partial charge in [-0.25, -0.2) is 0 Å². The molecule has 27 heavy (non-hydrogen) atoms. The molecule has 0 fully saturated rings. The monoisotopic (exact) mass is 359 g/mol. The molecular weight excluding hydrogens is 342 g/mol. The van der Waals surface area contributed by atoms with E-state index in [9.17, 15) is 9.59 Å². The molecule has 1 aliphatic heterocycles. The molecule has 0 amide bonds. The molecule has 0 aliphatic carbocycles. The maximum Gasteiger partial charge on any atom is 0.293 e. The van der Waals surface area contributed by atoms with E-state index in [1.165, 1.54) is 4.57 Å². The van der Waals surface area contributed by atoms with Crippen molar-refractivity contribution in [3.05, 3.63) is 86.3 Å². The molecule has 5 rings (SSSR count). The Balaban J connectivity index is 1.84. The summed E-state index contributed by atoms with van der Waals surface area (Å²) >= 11 is 0. The lowest BCUT2D eigenvalue weighted by Gasteiger charge is -2.23. The number of hydrogen-bond acceptors (Lipinski definition) is 4. The van der Waals surface area contributed by atoms with Crippen molar-refractivity contribution >= 4 is 21.9 Å². The fourth-order valence-electron chi connectivity index (χ4n) is 3.94. The third-order valence-corrected chi connectivity index (χ3v) is 5.41. The molecule has 2 aromatic carbocycles. The van der Waals surface area contributed by atoms with E-state index in [-0.39, 0.29) is 27.9 Å². The molecule has 134 valence electrons. The van der Waals surface area contributed by atoms with Crippen LogP contribution in [-0.2, 0) is 19.1 Å². The summed E-state index contributed by atoms with van der Waals surface area (Å²) in [5.74, 6) is 0.206. The largest absolute Gasteiger partial charge is 0.453 e. The molecule has 1 unspecified atom stereocenters. The standard InChI is InChI=1S/C22H17NO4/c1-22(13-8-4-3-5-9-13)12-15-18(24)17-19(26-21(15)27-22)14-10-6-7-11-16(14)23(2)20(17)25/h3-11H,12H2,1-2H3. The van der Waals surface area contributed by atoms with Gasteiger partial charge in [0.1, 0.15) is 11.0 Å². The normalized spacial score (nSPS) is 18.6. The van der Waals surface area contributed by atoms with E-state index >= 15 is 0 Å². The van der Waals surface area contributed by atoms with Crippen molar-refractivity contribution in [1.29, 1.82) is 0 Å². The maximum absolute atomic E-state index is 13.2. The second kappa shape index (κ2) is 5.33. The molecular formula is C22H17NO4. The maximum atomic E-state index is 13.2. The van der Waals surface area contributed by atoms with Gasteiger partial charge in [0, 0.05) is 18.9 Å². The number of hydrogen-bond donors (Lipinski definition) is 0. The summed E-state index contributed by atoms with van der Waals surface area (Å²) in [5, 5.41) is 0.794. The quantitative estimate of drug-likeness (QED) is 0.488. The van der Waals surface area contributed by atoms with Crippen molar-refractivity contribution in [2.24, 2.45) is 7.05 Å². The Labute approximate surface area is 154 Å². The Morgan fingerprint density at radius 1 is 1.00 bits per heavy atom. The highest BCUT2D eigenvalue weighted by Crippen LogP contribution is 2.41. The lowest BCUT2D eigenvalue weighted by molar-refractivity contribution is 0.0885. The number of ether oxygens (including phenoxy) is 1. The van der Waals surface area contributed by atoms with Crippen molar-refractivity contribution in [3.63, 3.8) is 0 Å². The minimum Gasteiger partial charge on any atom is -0.453 e. The lowest BCUT2D eigenvalue weighted by atomic mass is 9.91. The fourth-order valence-corrected chi connectivity index (χ4v) is 3.94. The Morgan fingerprint density at radius 2 is 1.70 bits per heavy atom. The van der Waals surface area contributed by atoms with Gasteiger partial charge in [-0.05, 0) is 24.6 Å². The van der Waals surface area contributed by atoms with E-state index in [2.05, 4.69) is 0 Å². The van der Waals surface area contributed by atoms with Gasteiger partial charge in [0.15, 0.2) is 5.58 Å². The van der Waals surface area contributed by atoms with Crippen LogP contribution >= 0.6 is 0 Å². The highest BCUT2D eigenvalue weighted by atomic mass is 16.6. The van der Waals surface area contributed by atoms with Crippen molar-refractivity contribution in [2.75, 3.05) is 0 Å². The Bertz CT molecular complexity index is 1330. The molecule has 0 radical (unpaired) electrons. The molecule has 0 bridgehead atoms. The smallest absolute Gasteiger partial charge is 0.293 e. The van der Waals surface area contributed by atoms with Crippen LogP contribution in [0, 0.1) is 0 Å². The van der Waals surface area contributed by atoms with Gasteiger partial charge >= 0.3 is 0 Å². The fraction of sp³-hybridized carbons (Fsp3) is 0.182. The number of benzene rings is 2. The first-order chi connectivity index (χ1) is 13.0. The van der Waals surface area contributed by atoms with Crippen molar-refractivity contribution < 1.29 is 9.15 Å². The van der Waals surface area contributed by atoms with Crippen LogP contribution in [0.1, 0.15) is 18.1 Å². The van der Waals surface area contributed by atoms with Crippen molar-refractivity contribution in [1.82, 2.24) is 4.57 Å². The summed E-state index contributed by atoms with van der Waals surface area (Å²) in [7, 11) is 1.67. The molecule has 4 aromatic rings. The van der Waals surface area contributed by atoms with Gasteiger partial charge in [0.25, 0.3) is 11.5 Å². The first-order valence-electron chi connectivity index (χ1n) is 8.81. The number of fused-ring (bicyclic) bond motifs is 4. The van der Waals surface area contributed by atoms with Gasteiger partial charge in [-0.15, -0.1) is 0 Å². The summed E-state index contributed by atoms with van der Waals surface area (Å²) in [4.78, 5) is 26.1. The van der Waals surface area contributed by atoms with E-state index in [0.29, 0.717) is 22.9 Å². The highest BCUT2D eigenvalue weighted by molar-refractivity contribution is 6.02. The summed E-state index contributed by atoms with van der Waals surface area (Å²) in [6.07, 6.45) is 0.362. The van der Waals surface area contributed by atoms with Crippen molar-refractivity contribution in [2.45, 2.75) is 18.9 Å². The Morgan fingerprint density at radius 3 is 2.48 bits per heavy atom. The predicted molar refractivity (Wildman–Crippen MR) is 103 cm³/mol. The first-order valence-corrected chi connectivity index (χ1v) is 8.81. The third kappa shape index (κ3) is 2.11. The minimum atomic E-state index is -0.704. The zero-order valence-corrected chi connectivity index (χ0v) is 15.0. The first kappa shape index (κ1) is 15.9. The van der Waals surface area contributed by atoms with E-state index in [1.54, 1.807) is 7.05 Å². The van der Waals surface area contributed by atoms with Gasteiger partial charge in [0.2, 0.25) is 5.43 Å². The molecule has 0 N–H and O–H groups in total. The number of rotatable bonds is 1. The molecule has 3 heterocycles. The number of para-hydroxylation sites is 1. The molecule has 1 atom stereocenters. The molecule has 5 nitrogen and oxygen atoms in total. The van der Waals surface area contributed by atoms with Gasteiger partial charge in [-0.3, -0.25) is 9.59 Å². The highest BCUT2D eigenvalue weighted by Gasteiger charge is 2.41. The van der Waals surface area contributed by atoms with Crippen LogP contribution in [0.4, 0.5) is 0 Å². The van der Waals surface area contributed by atoms with Gasteiger partial charge in [0.05, 0.1) is 11.1 Å². The van der Waals surface area contributed by atoms with E-state index in [0.717, 1.165) is 5.56 Å². The average Bonchev–Trinajstić information content (AvgIpc) is 3.05. The average molecular weight is 359 g/mol. The van der Waals surface area contributed by atoms with Crippen LogP contribution in [-0.4, -0.2) is 4.57 Å². The van der Waals surface area contributed by atoms with Gasteiger partial charge in [-0.1, -0.05) is 42.5 Å². The molecule has 1 aliphatic rings. The van der Waals surface area contributed by atoms with Crippen LogP contribution < -0.4 is 15.7 Å². The van der Waals surface area contributed by atoms with E-state index in [1.807, 2.05) is 61.5 Å². The van der Waals surface area contributed by atoms with Crippen molar-refractivity contribution in [3.8, 4) is 5.95 Å². The second-order valence-electron chi connectivity index (χ2n) is 7.16. The van der Waals surface area contributed by atoms with Gasteiger partial charge in [-0.2, -0.15) is 0 Å². The Hall–Kier alpha value is -3.34. The van der Waals surface area contributed by atoms with E-state index in [4.69, 9.17) is 9.15 Å². The molecule has 0 spiro atoms. The molecule has 5 heteroatoms. The molecule has 0 saturated heterocycles. The topological polar surface area (TPSA) is 61.4 Å². The van der Waals surface area contributed by atoms with Crippen LogP contribution in [0.25, 0.3) is 21.9 Å². The zero-order valence-electron chi connectivity index (χ0n) is 15.0. The SMILES string of the molecule is Cn1c(=O)c2c(=O)c3c(oc2c2ccccc21)OC(C)(c1ccccc1)C3. The third-order valence-electron chi connectivity index (χ3n) is 5.41. The number of pyridine rings is 1. The predicted octanol–water partition coefficient (Wildman–Crippen LogP) is 3.50. The summed E-state index contributed by atoms with van der Waals surface area (Å²) < 4.78 is 13.6. The van der Waals surface area contributed by atoms with Crippen LogP contribution in [0.2, 0.25) is 0 Å². The summed E-state index contributed by atoms with van der Waals surface area (Å²) in [6.45, 7) is 1.93. The van der Waals surface area contributed by atoms with Gasteiger partial charge < -0.3 is 13.7 Å². The van der Waals surface area contributed by atoms with Crippen LogP contribution in [0.3, 0.4) is 0 Å². The van der Waals surface area contributed by atoms with E-state index < -0.39 is 5.60 Å². The minimum absolute atomic E-state index is 0.0795. The number of aromatic nitrogens is 1. The van der Waals surface area contributed by atoms with Crippen LogP contribution in [0.15, 0.2) is 68.6 Å². The van der Waals surface area contributed by atoms with Crippen LogP contribution in [0.5, 0.6) is 5.95 Å². The summed E-state index contributed by atoms with van der Waals surface area (Å²) in [6, 6.07) is 17.1. The number of nitrogens with zero attached hydrogens (tertiary/aromatic N) is 1. The number of aryl methyl sites for hydroxylation is 1. The zero-order chi connectivity index (χ0) is 18.8. The second-order valence-corrected chi connectivity index (χ2v) is 7.16. The molecule has 2 aromatic heterocycles. The lowest BCUT2D eigenvalue weighted by Crippen LogP contribution is -2.28. The summed E-state index contributed by atoms with van der Waals surface area (Å²) in [5.41, 5.74) is 1.01.